The van der Waals surface area contributed by atoms with Crippen molar-refractivity contribution < 1.29 is 19.2 Å². The van der Waals surface area contributed by atoms with E-state index in [1.807, 2.05) is 13.0 Å². The Hall–Kier alpha value is -2.57. The van der Waals surface area contributed by atoms with Crippen LogP contribution in [-0.2, 0) is 4.74 Å². The maximum atomic E-state index is 11.5. The van der Waals surface area contributed by atoms with E-state index in [0.29, 0.717) is 6.54 Å². The largest absolute Gasteiger partial charge is 0.494 e. The lowest BCUT2D eigenvalue weighted by Gasteiger charge is -2.11. The fourth-order valence-corrected chi connectivity index (χ4v) is 1.60. The van der Waals surface area contributed by atoms with E-state index in [4.69, 9.17) is 4.74 Å². The van der Waals surface area contributed by atoms with Gasteiger partial charge in [-0.25, -0.2) is 4.79 Å². The number of carbonyl (C=O) groups excluding carboxylic acids is 1. The highest BCUT2D eigenvalue weighted by atomic mass is 16.6. The average Bonchev–Trinajstić information content (AvgIpc) is 2.46. The van der Waals surface area contributed by atoms with Gasteiger partial charge in [0.1, 0.15) is 5.75 Å². The van der Waals surface area contributed by atoms with Gasteiger partial charge in [0.05, 0.1) is 24.7 Å². The number of hydrogen-bond acceptors (Lipinski definition) is 6. The molecule has 0 aliphatic heterocycles. The normalized spacial score (nSPS) is 10.3. The minimum absolute atomic E-state index is 0.0626. The Kier molecular flexibility index (Phi) is 5.52. The van der Waals surface area contributed by atoms with Crippen molar-refractivity contribution in [3.8, 4) is 5.75 Å². The zero-order valence-electron chi connectivity index (χ0n) is 11.5. The van der Waals surface area contributed by atoms with Crippen molar-refractivity contribution in [2.24, 2.45) is 0 Å². The van der Waals surface area contributed by atoms with E-state index < -0.39 is 10.9 Å². The minimum Gasteiger partial charge on any atom is -0.494 e. The molecule has 0 saturated carbocycles. The molecule has 1 N–H and O–H groups in total. The quantitative estimate of drug-likeness (QED) is 0.372. The van der Waals surface area contributed by atoms with Gasteiger partial charge in [-0.05, 0) is 13.0 Å². The molecule has 0 heterocycles. The molecule has 0 saturated heterocycles. The number of nitro groups is 1. The van der Waals surface area contributed by atoms with Gasteiger partial charge in [0.15, 0.2) is 5.69 Å². The second kappa shape index (κ2) is 7.13. The van der Waals surface area contributed by atoms with Crippen LogP contribution in [0.3, 0.4) is 0 Å². The van der Waals surface area contributed by atoms with Gasteiger partial charge < -0.3 is 14.8 Å². The number of ether oxygens (including phenoxy) is 2. The van der Waals surface area contributed by atoms with Gasteiger partial charge in [-0.2, -0.15) is 0 Å². The Morgan fingerprint density at radius 2 is 2.15 bits per heavy atom. The van der Waals surface area contributed by atoms with Gasteiger partial charge in [-0.15, -0.1) is 0 Å². The number of rotatable bonds is 6. The number of benzene rings is 1. The topological polar surface area (TPSA) is 90.7 Å². The van der Waals surface area contributed by atoms with E-state index in [1.165, 1.54) is 20.3 Å². The molecule has 7 heteroatoms. The highest BCUT2D eigenvalue weighted by Gasteiger charge is 2.22. The van der Waals surface area contributed by atoms with E-state index in [-0.39, 0.29) is 22.7 Å². The molecule has 0 unspecified atom stereocenters. The van der Waals surface area contributed by atoms with Gasteiger partial charge in [0.25, 0.3) is 5.69 Å². The van der Waals surface area contributed by atoms with Crippen molar-refractivity contribution >= 4 is 17.3 Å². The number of esters is 1. The summed E-state index contributed by atoms with van der Waals surface area (Å²) >= 11 is 0. The molecule has 20 heavy (non-hydrogen) atoms. The molecule has 108 valence electrons. The maximum Gasteiger partial charge on any atom is 0.338 e. The second-order valence-corrected chi connectivity index (χ2v) is 3.77. The van der Waals surface area contributed by atoms with Crippen LogP contribution in [0.4, 0.5) is 11.4 Å². The molecule has 1 aromatic rings. The first-order valence-electron chi connectivity index (χ1n) is 5.84. The molecule has 1 aromatic carbocycles. The molecule has 0 amide bonds. The zero-order valence-corrected chi connectivity index (χ0v) is 11.5. The standard InChI is InChI=1S/C13H16N2O5/c1-4-5-6-14-12-10(15(17)18)7-9(13(16)20-3)8-11(12)19-2/h4-5,7-8,14H,6H2,1-3H3/b5-4+. The monoisotopic (exact) mass is 280 g/mol. The number of nitrogens with zero attached hydrogens (tertiary/aromatic N) is 1. The Morgan fingerprint density at radius 3 is 2.65 bits per heavy atom. The van der Waals surface area contributed by atoms with E-state index in [0.717, 1.165) is 6.07 Å². The molecule has 0 atom stereocenters. The lowest BCUT2D eigenvalue weighted by molar-refractivity contribution is -0.384. The Labute approximate surface area is 116 Å². The summed E-state index contributed by atoms with van der Waals surface area (Å²) in [6.07, 6.45) is 3.62. The fourth-order valence-electron chi connectivity index (χ4n) is 1.60. The van der Waals surface area contributed by atoms with Gasteiger partial charge in [-0.3, -0.25) is 10.1 Å². The highest BCUT2D eigenvalue weighted by Crippen LogP contribution is 2.36. The average molecular weight is 280 g/mol. The summed E-state index contributed by atoms with van der Waals surface area (Å²) in [5.74, 6) is -0.449. The third kappa shape index (κ3) is 3.47. The van der Waals surface area contributed by atoms with Gasteiger partial charge in [0, 0.05) is 12.6 Å². The minimum atomic E-state index is -0.661. The Bertz CT molecular complexity index is 540. The molecule has 0 aliphatic rings. The van der Waals surface area contributed by atoms with Crippen LogP contribution in [0.25, 0.3) is 0 Å². The molecule has 0 fully saturated rings. The first kappa shape index (κ1) is 15.5. The summed E-state index contributed by atoms with van der Waals surface area (Å²) in [5.41, 5.74) is 0.0464. The van der Waals surface area contributed by atoms with E-state index in [1.54, 1.807) is 6.08 Å². The number of methoxy groups -OCH3 is 2. The van der Waals surface area contributed by atoms with E-state index in [2.05, 4.69) is 10.1 Å². The van der Waals surface area contributed by atoms with E-state index >= 15 is 0 Å². The Morgan fingerprint density at radius 1 is 1.45 bits per heavy atom. The molecule has 1 rings (SSSR count). The van der Waals surface area contributed by atoms with Crippen LogP contribution in [0.2, 0.25) is 0 Å². The van der Waals surface area contributed by atoms with Crippen LogP contribution < -0.4 is 10.1 Å². The van der Waals surface area contributed by atoms with Gasteiger partial charge >= 0.3 is 5.97 Å². The van der Waals surface area contributed by atoms with Crippen molar-refractivity contribution in [2.75, 3.05) is 26.1 Å². The van der Waals surface area contributed by atoms with Crippen molar-refractivity contribution in [2.45, 2.75) is 6.92 Å². The number of hydrogen-bond donors (Lipinski definition) is 1. The maximum absolute atomic E-state index is 11.5. The molecule has 7 nitrogen and oxygen atoms in total. The summed E-state index contributed by atoms with van der Waals surface area (Å²) in [5, 5.41) is 14.0. The fraction of sp³-hybridized carbons (Fsp3) is 0.308. The summed E-state index contributed by atoms with van der Waals surface area (Å²) in [4.78, 5) is 22.0. The predicted octanol–water partition coefficient (Wildman–Crippen LogP) is 2.38. The third-order valence-electron chi connectivity index (χ3n) is 2.55. The van der Waals surface area contributed by atoms with Crippen LogP contribution in [0.5, 0.6) is 5.75 Å². The zero-order chi connectivity index (χ0) is 15.1. The molecule has 0 bridgehead atoms. The summed E-state index contributed by atoms with van der Waals surface area (Å²) in [6, 6.07) is 2.56. The number of anilines is 1. The van der Waals surface area contributed by atoms with Crippen LogP contribution in [0.15, 0.2) is 24.3 Å². The van der Waals surface area contributed by atoms with Crippen molar-refractivity contribution in [1.29, 1.82) is 0 Å². The van der Waals surface area contributed by atoms with E-state index in [9.17, 15) is 14.9 Å². The van der Waals surface area contributed by atoms with Crippen molar-refractivity contribution in [1.82, 2.24) is 0 Å². The predicted molar refractivity (Wildman–Crippen MR) is 74.3 cm³/mol. The summed E-state index contributed by atoms with van der Waals surface area (Å²) in [6.45, 7) is 2.25. The first-order chi connectivity index (χ1) is 9.54. The molecular formula is C13H16N2O5. The summed E-state index contributed by atoms with van der Waals surface area (Å²) < 4.78 is 9.66. The SMILES string of the molecule is C/C=C/CNc1c(OC)cc(C(=O)OC)cc1[N+](=O)[O-]. The van der Waals surface area contributed by atoms with Crippen LogP contribution in [0, 0.1) is 10.1 Å². The highest BCUT2D eigenvalue weighted by molar-refractivity contribution is 5.92. The van der Waals surface area contributed by atoms with Gasteiger partial charge in [-0.1, -0.05) is 12.2 Å². The van der Waals surface area contributed by atoms with Crippen LogP contribution in [-0.4, -0.2) is 31.7 Å². The number of nitrogens with one attached hydrogen (secondary N) is 1. The van der Waals surface area contributed by atoms with Crippen LogP contribution >= 0.6 is 0 Å². The molecule has 0 aliphatic carbocycles. The van der Waals surface area contributed by atoms with Crippen LogP contribution in [0.1, 0.15) is 17.3 Å². The lowest BCUT2D eigenvalue weighted by Crippen LogP contribution is -2.08. The Balaban J connectivity index is 3.32. The van der Waals surface area contributed by atoms with Gasteiger partial charge in [0.2, 0.25) is 0 Å². The molecule has 0 radical (unpaired) electrons. The molecule has 0 aromatic heterocycles. The number of nitro benzene ring substituents is 1. The van der Waals surface area contributed by atoms with Crippen molar-refractivity contribution in [3.05, 3.63) is 40.0 Å². The smallest absolute Gasteiger partial charge is 0.338 e. The first-order valence-corrected chi connectivity index (χ1v) is 5.84. The number of allylic oxidation sites excluding steroid dienone is 1. The van der Waals surface area contributed by atoms with Crippen molar-refractivity contribution in [3.63, 3.8) is 0 Å². The summed E-state index contributed by atoms with van der Waals surface area (Å²) in [7, 11) is 2.58. The third-order valence-corrected chi connectivity index (χ3v) is 2.55. The number of carbonyl (C=O) groups is 1. The molecular weight excluding hydrogens is 264 g/mol. The second-order valence-electron chi connectivity index (χ2n) is 3.77. The molecule has 0 spiro atoms. The lowest BCUT2D eigenvalue weighted by atomic mass is 10.1.